The van der Waals surface area contributed by atoms with Gasteiger partial charge in [0.2, 0.25) is 0 Å². The second-order valence-corrected chi connectivity index (χ2v) is 19.4. The van der Waals surface area contributed by atoms with Crippen molar-refractivity contribution in [3.8, 4) is 0 Å². The molecule has 0 aliphatic heterocycles. The molecule has 276 valence electrons. The van der Waals surface area contributed by atoms with Crippen molar-refractivity contribution in [2.24, 2.45) is 35.5 Å². The zero-order valence-corrected chi connectivity index (χ0v) is 35.6. The topological polar surface area (TPSA) is 27.7 Å². The first-order chi connectivity index (χ1) is 21.5. The molecule has 0 aliphatic rings. The van der Waals surface area contributed by atoms with Gasteiger partial charge < -0.3 is 11.4 Å². The average Bonchev–Trinajstić information content (AvgIpc) is 2.86. The van der Waals surface area contributed by atoms with Crippen LogP contribution in [0, 0.1) is 35.5 Å². The summed E-state index contributed by atoms with van der Waals surface area (Å²) < 4.78 is 23.3. The van der Waals surface area contributed by atoms with Gasteiger partial charge in [-0.15, -0.1) is 0 Å². The molecule has 0 amide bonds. The Morgan fingerprint density at radius 3 is 0.696 bits per heavy atom. The lowest BCUT2D eigenvalue weighted by Gasteiger charge is -2.47. The van der Waals surface area contributed by atoms with E-state index < -0.39 is 15.1 Å². The Bertz CT molecular complexity index is 589. The monoisotopic (exact) mass is 667 g/mol. The Labute approximate surface area is 297 Å². The van der Waals surface area contributed by atoms with Gasteiger partial charge in [-0.3, -0.25) is 0 Å². The highest BCUT2D eigenvalue weighted by Crippen LogP contribution is 2.42. The molecule has 0 N–H and O–H groups in total. The first kappa shape index (κ1) is 46.4. The number of rotatable bonds is 30. The molecule has 0 aliphatic carbocycles. The van der Waals surface area contributed by atoms with Gasteiger partial charge in [-0.2, -0.15) is 0 Å². The molecule has 0 aromatic carbocycles. The fourth-order valence-electron chi connectivity index (χ4n) is 8.57. The van der Waals surface area contributed by atoms with Gasteiger partial charge >= 0.3 is 15.1 Å². The van der Waals surface area contributed by atoms with Crippen LogP contribution in [0.25, 0.3) is 0 Å². The molecule has 0 fully saturated rings. The van der Waals surface area contributed by atoms with Crippen LogP contribution >= 0.6 is 0 Å². The highest BCUT2D eigenvalue weighted by molar-refractivity contribution is 6.37. The summed E-state index contributed by atoms with van der Waals surface area (Å²) in [6.45, 7) is 35.6. The molecule has 0 atom stereocenters. The van der Waals surface area contributed by atoms with Crippen LogP contribution in [0.1, 0.15) is 219 Å². The van der Waals surface area contributed by atoms with Gasteiger partial charge in [0, 0.05) is 16.8 Å². The van der Waals surface area contributed by atoms with E-state index in [-0.39, 0.29) is 16.8 Å². The van der Waals surface area contributed by atoms with Gasteiger partial charge in [0.1, 0.15) is 0 Å². The van der Waals surface area contributed by atoms with E-state index in [2.05, 4.69) is 104 Å². The molecular formula is C42H87AlO3. The zero-order chi connectivity index (χ0) is 35.4. The van der Waals surface area contributed by atoms with Gasteiger partial charge in [0.15, 0.2) is 0 Å². The Hall–Kier alpha value is 0.412. The van der Waals surface area contributed by atoms with Crippen LogP contribution in [0.5, 0.6) is 0 Å². The van der Waals surface area contributed by atoms with Crippen molar-refractivity contribution in [2.45, 2.75) is 236 Å². The Morgan fingerprint density at radius 1 is 0.348 bits per heavy atom. The fourth-order valence-corrected chi connectivity index (χ4v) is 10.9. The minimum absolute atomic E-state index is 0.190. The van der Waals surface area contributed by atoms with E-state index in [0.717, 1.165) is 57.8 Å². The number of unbranched alkanes of at least 4 members (excludes halogenated alkanes) is 6. The van der Waals surface area contributed by atoms with E-state index in [4.69, 9.17) is 11.4 Å². The van der Waals surface area contributed by atoms with Crippen molar-refractivity contribution in [2.75, 3.05) is 0 Å². The smallest absolute Gasteiger partial charge is 0.449 e. The van der Waals surface area contributed by atoms with Crippen LogP contribution in [-0.4, -0.2) is 32.0 Å². The molecule has 46 heavy (non-hydrogen) atoms. The standard InChI is InChI=1S/3C14H29O.Al/c3*1-6-7-8-9-14(15,10-12(2)3)11-13(4)5;/h3*12-13H,6-11H2,1-5H3;/q3*-1;+3. The maximum absolute atomic E-state index is 7.75. The van der Waals surface area contributed by atoms with Gasteiger partial charge in [-0.05, 0) is 93.3 Å². The van der Waals surface area contributed by atoms with Gasteiger partial charge in [0.25, 0.3) is 0 Å². The van der Waals surface area contributed by atoms with E-state index >= 15 is 0 Å². The molecule has 0 saturated carbocycles. The lowest BCUT2D eigenvalue weighted by Crippen LogP contribution is -2.53. The van der Waals surface area contributed by atoms with Crippen molar-refractivity contribution in [1.82, 2.24) is 0 Å². The highest BCUT2D eigenvalue weighted by Gasteiger charge is 2.52. The first-order valence-corrected chi connectivity index (χ1v) is 21.9. The molecule has 0 unspecified atom stereocenters. The van der Waals surface area contributed by atoms with Crippen LogP contribution < -0.4 is 0 Å². The van der Waals surface area contributed by atoms with Crippen LogP contribution in [0.15, 0.2) is 0 Å². The number of hydrogen-bond donors (Lipinski definition) is 0. The zero-order valence-electron chi connectivity index (χ0n) is 34.5. The SMILES string of the molecule is CCCCCC(CC(C)C)(CC(C)C)[O][Al]([O]C(CCCCC)(CC(C)C)CC(C)C)[O]C(CCCCC)(CC(C)C)CC(C)C. The molecular weight excluding hydrogens is 579 g/mol. The third kappa shape index (κ3) is 20.8. The van der Waals surface area contributed by atoms with Crippen molar-refractivity contribution in [3.05, 3.63) is 0 Å². The summed E-state index contributed by atoms with van der Waals surface area (Å²) in [4.78, 5) is 0. The predicted octanol–water partition coefficient (Wildman–Crippen LogP) is 14.3. The van der Waals surface area contributed by atoms with Gasteiger partial charge in [-0.1, -0.05) is 162 Å². The van der Waals surface area contributed by atoms with Crippen LogP contribution in [-0.2, 0) is 11.4 Å². The third-order valence-electron chi connectivity index (χ3n) is 9.43. The van der Waals surface area contributed by atoms with E-state index in [1.165, 1.54) is 57.8 Å². The van der Waals surface area contributed by atoms with Crippen molar-refractivity contribution >= 4 is 15.1 Å². The lowest BCUT2D eigenvalue weighted by atomic mass is 9.81. The summed E-state index contributed by atoms with van der Waals surface area (Å²) >= 11 is -2.62. The molecule has 0 rings (SSSR count). The van der Waals surface area contributed by atoms with E-state index in [0.29, 0.717) is 35.5 Å². The van der Waals surface area contributed by atoms with Crippen LogP contribution in [0.3, 0.4) is 0 Å². The largest absolute Gasteiger partial charge is 0.906 e. The molecule has 0 aromatic heterocycles. The maximum atomic E-state index is 7.75. The highest BCUT2D eigenvalue weighted by atomic mass is 27.3. The summed E-state index contributed by atoms with van der Waals surface area (Å²) in [5.74, 6) is 3.40. The van der Waals surface area contributed by atoms with E-state index in [1.807, 2.05) is 0 Å². The normalized spacial score (nSPS) is 13.5. The third-order valence-corrected chi connectivity index (χ3v) is 11.5. The second kappa shape index (κ2) is 24.5. The van der Waals surface area contributed by atoms with Crippen molar-refractivity contribution in [3.63, 3.8) is 0 Å². The number of hydrogen-bond acceptors (Lipinski definition) is 3. The van der Waals surface area contributed by atoms with Crippen molar-refractivity contribution in [1.29, 1.82) is 0 Å². The van der Waals surface area contributed by atoms with E-state index in [1.54, 1.807) is 0 Å². The van der Waals surface area contributed by atoms with E-state index in [9.17, 15) is 0 Å². The molecule has 3 nitrogen and oxygen atoms in total. The molecule has 0 heterocycles. The quantitative estimate of drug-likeness (QED) is 0.0564. The Morgan fingerprint density at radius 2 is 0.543 bits per heavy atom. The minimum Gasteiger partial charge on any atom is -0.449 e. The molecule has 0 saturated heterocycles. The van der Waals surface area contributed by atoms with Gasteiger partial charge in [-0.25, -0.2) is 0 Å². The Balaban J connectivity index is 7.35. The maximum Gasteiger partial charge on any atom is 0.906 e. The minimum atomic E-state index is -2.62. The molecule has 0 spiro atoms. The van der Waals surface area contributed by atoms with Crippen LogP contribution in [0.2, 0.25) is 0 Å². The molecule has 4 heteroatoms. The second-order valence-electron chi connectivity index (χ2n) is 18.2. The summed E-state index contributed by atoms with van der Waals surface area (Å²) in [5, 5.41) is 0. The van der Waals surface area contributed by atoms with Crippen LogP contribution in [0.4, 0.5) is 0 Å². The molecule has 0 radical (unpaired) electrons. The van der Waals surface area contributed by atoms with Gasteiger partial charge in [0.05, 0.1) is 0 Å². The predicted molar refractivity (Wildman–Crippen MR) is 206 cm³/mol. The Kier molecular flexibility index (Phi) is 24.8. The average molecular weight is 667 g/mol. The van der Waals surface area contributed by atoms with Crippen molar-refractivity contribution < 1.29 is 11.4 Å². The fraction of sp³-hybridized carbons (Fsp3) is 1.00. The summed E-state index contributed by atoms with van der Waals surface area (Å²) in [6.07, 6.45) is 21.0. The first-order valence-electron chi connectivity index (χ1n) is 20.5. The summed E-state index contributed by atoms with van der Waals surface area (Å²) in [6, 6.07) is 0. The summed E-state index contributed by atoms with van der Waals surface area (Å²) in [5.41, 5.74) is -0.571. The summed E-state index contributed by atoms with van der Waals surface area (Å²) in [7, 11) is 0. The molecule has 0 aromatic rings. The molecule has 0 bridgehead atoms. The lowest BCUT2D eigenvalue weighted by molar-refractivity contribution is -0.123.